The number of rotatable bonds is 5. The Morgan fingerprint density at radius 2 is 1.95 bits per heavy atom. The summed E-state index contributed by atoms with van der Waals surface area (Å²) < 4.78 is 40.3. The highest BCUT2D eigenvalue weighted by atomic mass is 19.4. The lowest BCUT2D eigenvalue weighted by molar-refractivity contribution is -0.137. The lowest BCUT2D eigenvalue weighted by Gasteiger charge is -2.12. The molecule has 0 aliphatic carbocycles. The van der Waals surface area contributed by atoms with Gasteiger partial charge in [-0.25, -0.2) is 4.98 Å². The van der Waals surface area contributed by atoms with Crippen molar-refractivity contribution >= 4 is 11.0 Å². The SMILES string of the molecule is CCc1nc2cc(C(F)(F)F)ccc2n1CCCN(C)C. The van der Waals surface area contributed by atoms with E-state index in [4.69, 9.17) is 0 Å². The van der Waals surface area contributed by atoms with E-state index >= 15 is 0 Å². The minimum Gasteiger partial charge on any atom is -0.328 e. The van der Waals surface area contributed by atoms with Gasteiger partial charge in [0.1, 0.15) is 5.82 Å². The Hall–Kier alpha value is -1.56. The molecule has 0 aliphatic rings. The molecule has 0 N–H and O–H groups in total. The average molecular weight is 299 g/mol. The number of aryl methyl sites for hydroxylation is 2. The van der Waals surface area contributed by atoms with Gasteiger partial charge < -0.3 is 9.47 Å². The maximum atomic E-state index is 12.8. The lowest BCUT2D eigenvalue weighted by atomic mass is 10.2. The molecule has 0 fully saturated rings. The lowest BCUT2D eigenvalue weighted by Crippen LogP contribution is -2.15. The fraction of sp³-hybridized carbons (Fsp3) is 0.533. The van der Waals surface area contributed by atoms with Crippen LogP contribution in [0.25, 0.3) is 11.0 Å². The third kappa shape index (κ3) is 3.56. The van der Waals surface area contributed by atoms with E-state index in [1.165, 1.54) is 6.07 Å². The van der Waals surface area contributed by atoms with Crippen molar-refractivity contribution in [3.63, 3.8) is 0 Å². The predicted molar refractivity (Wildman–Crippen MR) is 77.3 cm³/mol. The zero-order valence-corrected chi connectivity index (χ0v) is 12.5. The molecule has 1 aromatic heterocycles. The highest BCUT2D eigenvalue weighted by molar-refractivity contribution is 5.77. The van der Waals surface area contributed by atoms with Crippen molar-refractivity contribution < 1.29 is 13.2 Å². The zero-order chi connectivity index (χ0) is 15.6. The molecule has 0 spiro atoms. The summed E-state index contributed by atoms with van der Waals surface area (Å²) in [4.78, 5) is 6.44. The Kier molecular flexibility index (Phi) is 4.56. The van der Waals surface area contributed by atoms with Gasteiger partial charge in [0.2, 0.25) is 0 Å². The van der Waals surface area contributed by atoms with Crippen LogP contribution in [0.15, 0.2) is 18.2 Å². The fourth-order valence-corrected chi connectivity index (χ4v) is 2.42. The van der Waals surface area contributed by atoms with Crippen LogP contribution in [0.1, 0.15) is 24.7 Å². The summed E-state index contributed by atoms with van der Waals surface area (Å²) in [6.45, 7) is 3.67. The van der Waals surface area contributed by atoms with Crippen molar-refractivity contribution in [3.8, 4) is 0 Å². The van der Waals surface area contributed by atoms with Crippen molar-refractivity contribution in [1.29, 1.82) is 0 Å². The molecule has 1 aromatic carbocycles. The first-order valence-corrected chi connectivity index (χ1v) is 7.04. The molecule has 2 aromatic rings. The van der Waals surface area contributed by atoms with Crippen LogP contribution in [-0.2, 0) is 19.1 Å². The van der Waals surface area contributed by atoms with Crippen LogP contribution in [0, 0.1) is 0 Å². The Bertz CT molecular complexity index is 614. The van der Waals surface area contributed by atoms with Crippen LogP contribution in [0.5, 0.6) is 0 Å². The molecule has 21 heavy (non-hydrogen) atoms. The van der Waals surface area contributed by atoms with E-state index in [1.54, 1.807) is 0 Å². The number of alkyl halides is 3. The van der Waals surface area contributed by atoms with Gasteiger partial charge in [-0.15, -0.1) is 0 Å². The number of hydrogen-bond donors (Lipinski definition) is 0. The molecule has 116 valence electrons. The van der Waals surface area contributed by atoms with E-state index in [2.05, 4.69) is 9.88 Å². The van der Waals surface area contributed by atoms with Gasteiger partial charge in [-0.05, 0) is 45.3 Å². The fourth-order valence-electron chi connectivity index (χ4n) is 2.42. The minimum atomic E-state index is -4.32. The van der Waals surface area contributed by atoms with E-state index in [0.29, 0.717) is 11.9 Å². The van der Waals surface area contributed by atoms with E-state index in [0.717, 1.165) is 43.0 Å². The van der Waals surface area contributed by atoms with Gasteiger partial charge in [-0.3, -0.25) is 0 Å². The van der Waals surface area contributed by atoms with Crippen molar-refractivity contribution in [2.45, 2.75) is 32.5 Å². The van der Waals surface area contributed by atoms with Crippen molar-refractivity contribution in [2.24, 2.45) is 0 Å². The second-order valence-corrected chi connectivity index (χ2v) is 5.39. The molecule has 0 aliphatic heterocycles. The quantitative estimate of drug-likeness (QED) is 0.841. The Morgan fingerprint density at radius 1 is 1.24 bits per heavy atom. The van der Waals surface area contributed by atoms with Crippen LogP contribution in [0.3, 0.4) is 0 Å². The normalized spacial score (nSPS) is 12.5. The van der Waals surface area contributed by atoms with E-state index < -0.39 is 11.7 Å². The van der Waals surface area contributed by atoms with E-state index in [-0.39, 0.29) is 0 Å². The van der Waals surface area contributed by atoms with Gasteiger partial charge in [-0.2, -0.15) is 13.2 Å². The van der Waals surface area contributed by atoms with Crippen LogP contribution in [0.4, 0.5) is 13.2 Å². The molecule has 0 saturated carbocycles. The first-order valence-electron chi connectivity index (χ1n) is 7.04. The largest absolute Gasteiger partial charge is 0.416 e. The van der Waals surface area contributed by atoms with Crippen LogP contribution in [-0.4, -0.2) is 35.1 Å². The molecule has 0 amide bonds. The third-order valence-corrected chi connectivity index (χ3v) is 3.46. The summed E-state index contributed by atoms with van der Waals surface area (Å²) in [6.07, 6.45) is -2.68. The number of nitrogens with zero attached hydrogens (tertiary/aromatic N) is 3. The number of halogens is 3. The average Bonchev–Trinajstić information content (AvgIpc) is 2.74. The number of imidazole rings is 1. The summed E-state index contributed by atoms with van der Waals surface area (Å²) >= 11 is 0. The first kappa shape index (κ1) is 15.8. The smallest absolute Gasteiger partial charge is 0.328 e. The maximum Gasteiger partial charge on any atom is 0.416 e. The molecule has 6 heteroatoms. The molecule has 0 radical (unpaired) electrons. The Balaban J connectivity index is 2.35. The molecular formula is C15H20F3N3. The van der Waals surface area contributed by atoms with E-state index in [9.17, 15) is 13.2 Å². The second-order valence-electron chi connectivity index (χ2n) is 5.39. The number of benzene rings is 1. The molecule has 0 saturated heterocycles. The highest BCUT2D eigenvalue weighted by Gasteiger charge is 2.31. The minimum absolute atomic E-state index is 0.423. The summed E-state index contributed by atoms with van der Waals surface area (Å²) in [7, 11) is 4.00. The van der Waals surface area contributed by atoms with Gasteiger partial charge in [0.15, 0.2) is 0 Å². The third-order valence-electron chi connectivity index (χ3n) is 3.46. The zero-order valence-electron chi connectivity index (χ0n) is 12.5. The van der Waals surface area contributed by atoms with Crippen molar-refractivity contribution in [2.75, 3.05) is 20.6 Å². The summed E-state index contributed by atoms with van der Waals surface area (Å²) in [6, 6.07) is 3.79. The van der Waals surface area contributed by atoms with Crippen molar-refractivity contribution in [1.82, 2.24) is 14.5 Å². The van der Waals surface area contributed by atoms with Crippen LogP contribution in [0.2, 0.25) is 0 Å². The molecule has 3 nitrogen and oxygen atoms in total. The molecule has 0 bridgehead atoms. The van der Waals surface area contributed by atoms with Gasteiger partial charge in [0, 0.05) is 13.0 Å². The highest BCUT2D eigenvalue weighted by Crippen LogP contribution is 2.31. The van der Waals surface area contributed by atoms with Gasteiger partial charge in [0.25, 0.3) is 0 Å². The number of hydrogen-bond acceptors (Lipinski definition) is 2. The number of aromatic nitrogens is 2. The topological polar surface area (TPSA) is 21.1 Å². The molecule has 2 rings (SSSR count). The Labute approximate surface area is 122 Å². The first-order chi connectivity index (χ1) is 9.82. The number of fused-ring (bicyclic) bond motifs is 1. The van der Waals surface area contributed by atoms with Gasteiger partial charge in [-0.1, -0.05) is 6.92 Å². The maximum absolute atomic E-state index is 12.8. The molecular weight excluding hydrogens is 279 g/mol. The monoisotopic (exact) mass is 299 g/mol. The van der Waals surface area contributed by atoms with Crippen molar-refractivity contribution in [3.05, 3.63) is 29.6 Å². The molecule has 1 heterocycles. The standard InChI is InChI=1S/C15H20F3N3/c1-4-14-19-12-10-11(15(16,17)18)6-7-13(12)21(14)9-5-8-20(2)3/h6-7,10H,4-5,8-9H2,1-3H3. The van der Waals surface area contributed by atoms with Crippen LogP contribution >= 0.6 is 0 Å². The summed E-state index contributed by atoms with van der Waals surface area (Å²) in [5.41, 5.74) is 0.556. The second kappa shape index (κ2) is 6.05. The predicted octanol–water partition coefficient (Wildman–Crippen LogP) is 3.57. The molecule has 0 atom stereocenters. The van der Waals surface area contributed by atoms with E-state index in [1.807, 2.05) is 25.6 Å². The Morgan fingerprint density at radius 3 is 2.52 bits per heavy atom. The summed E-state index contributed by atoms with van der Waals surface area (Å²) in [5, 5.41) is 0. The van der Waals surface area contributed by atoms with Crippen LogP contribution < -0.4 is 0 Å². The van der Waals surface area contributed by atoms with Gasteiger partial charge in [0.05, 0.1) is 16.6 Å². The summed E-state index contributed by atoms with van der Waals surface area (Å²) in [5.74, 6) is 0.836. The van der Waals surface area contributed by atoms with Gasteiger partial charge >= 0.3 is 6.18 Å². The molecule has 0 unspecified atom stereocenters.